The summed E-state index contributed by atoms with van der Waals surface area (Å²) in [5.41, 5.74) is -0.625. The molecule has 0 atom stereocenters. The van der Waals surface area contributed by atoms with Gasteiger partial charge in [0.05, 0.1) is 21.1 Å². The van der Waals surface area contributed by atoms with Crippen LogP contribution in [-0.4, -0.2) is 36.5 Å². The molecular weight excluding hydrogens is 102 g/mol. The Labute approximate surface area is 51.3 Å². The van der Waals surface area contributed by atoms with Crippen molar-refractivity contribution in [2.24, 2.45) is 0 Å². The van der Waals surface area contributed by atoms with Gasteiger partial charge >= 0.3 is 0 Å². The lowest BCUT2D eigenvalue weighted by Gasteiger charge is -2.36. The van der Waals surface area contributed by atoms with E-state index in [1.807, 2.05) is 21.1 Å². The second-order valence-electron chi connectivity index (χ2n) is 3.51. The van der Waals surface area contributed by atoms with Crippen LogP contribution in [-0.2, 0) is 0 Å². The summed E-state index contributed by atoms with van der Waals surface area (Å²) in [6.45, 7) is 3.60. The molecule has 1 N–H and O–H groups in total. The van der Waals surface area contributed by atoms with E-state index in [9.17, 15) is 5.11 Å². The molecule has 0 radical (unpaired) electrons. The van der Waals surface area contributed by atoms with Crippen molar-refractivity contribution in [2.75, 3.05) is 21.1 Å². The Morgan fingerprint density at radius 1 is 1.12 bits per heavy atom. The van der Waals surface area contributed by atoms with Crippen LogP contribution < -0.4 is 0 Å². The van der Waals surface area contributed by atoms with Gasteiger partial charge in [0.25, 0.3) is 0 Å². The molecule has 0 saturated carbocycles. The van der Waals surface area contributed by atoms with Crippen molar-refractivity contribution in [3.8, 4) is 0 Å². The fraction of sp³-hybridized carbons (Fsp3) is 1.00. The fourth-order valence-corrected chi connectivity index (χ4v) is 0. The van der Waals surface area contributed by atoms with Gasteiger partial charge in [-0.25, -0.2) is 0 Å². The third-order valence-corrected chi connectivity index (χ3v) is 1.64. The van der Waals surface area contributed by atoms with E-state index in [-0.39, 0.29) is 0 Å². The maximum absolute atomic E-state index is 9.33. The molecule has 2 nitrogen and oxygen atoms in total. The zero-order valence-electron chi connectivity index (χ0n) is 6.39. The highest BCUT2D eigenvalue weighted by atomic mass is 16.3. The third-order valence-electron chi connectivity index (χ3n) is 1.64. The fourth-order valence-electron chi connectivity index (χ4n) is 0. The standard InChI is InChI=1S/C6H16NO/c1-6(2,8)7(3,4)5/h8H,1-5H3/q+1. The monoisotopic (exact) mass is 118 g/mol. The topological polar surface area (TPSA) is 20.2 Å². The van der Waals surface area contributed by atoms with Crippen LogP contribution in [0, 0.1) is 0 Å². The summed E-state index contributed by atoms with van der Waals surface area (Å²) in [6, 6.07) is 0. The van der Waals surface area contributed by atoms with Crippen LogP contribution in [0.1, 0.15) is 13.8 Å². The van der Waals surface area contributed by atoms with Crippen molar-refractivity contribution in [3.05, 3.63) is 0 Å². The molecular formula is C6H16NO+. The van der Waals surface area contributed by atoms with Crippen molar-refractivity contribution in [2.45, 2.75) is 19.6 Å². The molecule has 0 rings (SSSR count). The summed E-state index contributed by atoms with van der Waals surface area (Å²) in [5, 5.41) is 9.33. The first kappa shape index (κ1) is 7.92. The van der Waals surface area contributed by atoms with E-state index in [0.29, 0.717) is 4.48 Å². The Kier molecular flexibility index (Phi) is 1.69. The van der Waals surface area contributed by atoms with Gasteiger partial charge < -0.3 is 9.59 Å². The zero-order chi connectivity index (χ0) is 7.00. The molecule has 0 fully saturated rings. The van der Waals surface area contributed by atoms with Crippen LogP contribution in [0.2, 0.25) is 0 Å². The molecule has 2 heteroatoms. The lowest BCUT2D eigenvalue weighted by atomic mass is 10.2. The summed E-state index contributed by atoms with van der Waals surface area (Å²) in [7, 11) is 5.88. The van der Waals surface area contributed by atoms with Gasteiger partial charge in [0.1, 0.15) is 0 Å². The Morgan fingerprint density at radius 3 is 1.25 bits per heavy atom. The smallest absolute Gasteiger partial charge is 0.194 e. The molecule has 50 valence electrons. The molecule has 8 heavy (non-hydrogen) atoms. The second kappa shape index (κ2) is 1.71. The van der Waals surface area contributed by atoms with Gasteiger partial charge in [0, 0.05) is 13.8 Å². The lowest BCUT2D eigenvalue weighted by molar-refractivity contribution is -0.945. The highest BCUT2D eigenvalue weighted by Crippen LogP contribution is 2.11. The van der Waals surface area contributed by atoms with E-state index in [2.05, 4.69) is 0 Å². The number of hydrogen-bond acceptors (Lipinski definition) is 1. The van der Waals surface area contributed by atoms with Crippen molar-refractivity contribution < 1.29 is 9.59 Å². The minimum Gasteiger partial charge on any atom is -0.343 e. The summed E-state index contributed by atoms with van der Waals surface area (Å²) in [4.78, 5) is 0. The van der Waals surface area contributed by atoms with E-state index < -0.39 is 5.72 Å². The number of quaternary nitrogens is 1. The van der Waals surface area contributed by atoms with Crippen LogP contribution in [0.25, 0.3) is 0 Å². The van der Waals surface area contributed by atoms with Gasteiger partial charge in [0.15, 0.2) is 5.72 Å². The summed E-state index contributed by atoms with van der Waals surface area (Å²) < 4.78 is 0.576. The maximum atomic E-state index is 9.33. The molecule has 0 heterocycles. The van der Waals surface area contributed by atoms with E-state index >= 15 is 0 Å². The van der Waals surface area contributed by atoms with E-state index in [4.69, 9.17) is 0 Å². The van der Waals surface area contributed by atoms with Crippen molar-refractivity contribution in [1.82, 2.24) is 0 Å². The normalized spacial score (nSPS) is 14.2. The van der Waals surface area contributed by atoms with Crippen LogP contribution >= 0.6 is 0 Å². The summed E-state index contributed by atoms with van der Waals surface area (Å²) in [5.74, 6) is 0. The van der Waals surface area contributed by atoms with E-state index in [1.165, 1.54) is 0 Å². The largest absolute Gasteiger partial charge is 0.343 e. The number of aliphatic hydroxyl groups is 1. The molecule has 0 aromatic heterocycles. The highest BCUT2D eigenvalue weighted by molar-refractivity contribution is 4.45. The molecule has 0 aliphatic heterocycles. The van der Waals surface area contributed by atoms with E-state index in [1.54, 1.807) is 13.8 Å². The van der Waals surface area contributed by atoms with Gasteiger partial charge in [0.2, 0.25) is 0 Å². The summed E-state index contributed by atoms with van der Waals surface area (Å²) in [6.07, 6.45) is 0. The zero-order valence-corrected chi connectivity index (χ0v) is 6.39. The molecule has 0 unspecified atom stereocenters. The quantitative estimate of drug-likeness (QED) is 0.391. The Bertz CT molecular complexity index is 63.5. The maximum Gasteiger partial charge on any atom is 0.194 e. The van der Waals surface area contributed by atoms with Crippen molar-refractivity contribution in [1.29, 1.82) is 0 Å². The number of rotatable bonds is 1. The minimum absolute atomic E-state index is 0.576. The number of hydrogen-bond donors (Lipinski definition) is 1. The predicted octanol–water partition coefficient (Wildman–Crippen LogP) is 0.421. The van der Waals surface area contributed by atoms with Gasteiger partial charge in [-0.2, -0.15) is 0 Å². The molecule has 0 spiro atoms. The van der Waals surface area contributed by atoms with Gasteiger partial charge in [-0.05, 0) is 0 Å². The SMILES string of the molecule is CC(C)(O)[N+](C)(C)C. The van der Waals surface area contributed by atoms with Gasteiger partial charge in [-0.1, -0.05) is 0 Å². The highest BCUT2D eigenvalue weighted by Gasteiger charge is 2.28. The molecule has 0 amide bonds. The molecule has 0 bridgehead atoms. The Hall–Kier alpha value is -0.0800. The Morgan fingerprint density at radius 2 is 1.25 bits per heavy atom. The van der Waals surface area contributed by atoms with E-state index in [0.717, 1.165) is 0 Å². The summed E-state index contributed by atoms with van der Waals surface area (Å²) >= 11 is 0. The first-order valence-electron chi connectivity index (χ1n) is 2.79. The van der Waals surface area contributed by atoms with Crippen LogP contribution in [0.3, 0.4) is 0 Å². The van der Waals surface area contributed by atoms with Crippen LogP contribution in [0.4, 0.5) is 0 Å². The first-order chi connectivity index (χ1) is 3.25. The first-order valence-corrected chi connectivity index (χ1v) is 2.79. The average molecular weight is 118 g/mol. The Balaban J connectivity index is 4.02. The third kappa shape index (κ3) is 1.80. The predicted molar refractivity (Wildman–Crippen MR) is 34.3 cm³/mol. The average Bonchev–Trinajstić information content (AvgIpc) is 1.25. The lowest BCUT2D eigenvalue weighted by Crippen LogP contribution is -2.52. The minimum atomic E-state index is -0.625. The molecule has 0 aromatic rings. The van der Waals surface area contributed by atoms with Crippen molar-refractivity contribution >= 4 is 0 Å². The van der Waals surface area contributed by atoms with Crippen LogP contribution in [0.5, 0.6) is 0 Å². The molecule has 0 saturated heterocycles. The molecule has 0 aliphatic rings. The second-order valence-corrected chi connectivity index (χ2v) is 3.51. The number of nitrogens with zero attached hydrogens (tertiary/aromatic N) is 1. The van der Waals surface area contributed by atoms with Crippen molar-refractivity contribution in [3.63, 3.8) is 0 Å². The van der Waals surface area contributed by atoms with Gasteiger partial charge in [-0.15, -0.1) is 0 Å². The molecule has 0 aliphatic carbocycles. The molecule has 0 aromatic carbocycles. The van der Waals surface area contributed by atoms with Crippen LogP contribution in [0.15, 0.2) is 0 Å². The van der Waals surface area contributed by atoms with Gasteiger partial charge in [-0.3, -0.25) is 0 Å².